The van der Waals surface area contributed by atoms with Crippen LogP contribution < -0.4 is 5.56 Å². The molecule has 0 amide bonds. The van der Waals surface area contributed by atoms with Gasteiger partial charge in [0.1, 0.15) is 4.70 Å². The second-order valence-corrected chi connectivity index (χ2v) is 6.14. The quantitative estimate of drug-likeness (QED) is 0.638. The van der Waals surface area contributed by atoms with Crippen molar-refractivity contribution in [3.63, 3.8) is 0 Å². The third-order valence-corrected chi connectivity index (χ3v) is 4.08. The van der Waals surface area contributed by atoms with Gasteiger partial charge in [-0.25, -0.2) is 4.98 Å². The van der Waals surface area contributed by atoms with Crippen LogP contribution in [0.4, 0.5) is 0 Å². The molecule has 0 aliphatic carbocycles. The van der Waals surface area contributed by atoms with Crippen LogP contribution in [0.3, 0.4) is 0 Å². The number of fused-ring (bicyclic) bond motifs is 1. The number of thiophene rings is 1. The lowest BCUT2D eigenvalue weighted by Gasteiger charge is -2.12. The standard InChI is InChI=1S/C12H13N3OS2/c1-8(2)7-15-11(16)10-9(3-5-17-10)14-12(15)18-6-4-13/h3,5,8H,6-7H2,1-2H3. The van der Waals surface area contributed by atoms with Crippen molar-refractivity contribution in [1.82, 2.24) is 9.55 Å². The van der Waals surface area contributed by atoms with E-state index in [2.05, 4.69) is 24.9 Å². The molecule has 0 bridgehead atoms. The SMILES string of the molecule is CC(C)Cn1c(SCC#N)nc2ccsc2c1=O. The van der Waals surface area contributed by atoms with E-state index in [0.717, 1.165) is 5.52 Å². The Labute approximate surface area is 113 Å². The maximum absolute atomic E-state index is 12.3. The van der Waals surface area contributed by atoms with Crippen LogP contribution in [-0.2, 0) is 6.54 Å². The molecule has 0 aliphatic heterocycles. The van der Waals surface area contributed by atoms with Crippen molar-refractivity contribution in [2.24, 2.45) is 5.92 Å². The summed E-state index contributed by atoms with van der Waals surface area (Å²) in [6.07, 6.45) is 0. The topological polar surface area (TPSA) is 58.7 Å². The summed E-state index contributed by atoms with van der Waals surface area (Å²) in [4.78, 5) is 16.8. The van der Waals surface area contributed by atoms with Gasteiger partial charge in [0.25, 0.3) is 5.56 Å². The van der Waals surface area contributed by atoms with Crippen LogP contribution in [0, 0.1) is 17.2 Å². The zero-order valence-corrected chi connectivity index (χ0v) is 11.8. The molecule has 0 N–H and O–H groups in total. The lowest BCUT2D eigenvalue weighted by molar-refractivity contribution is 0.475. The van der Waals surface area contributed by atoms with Gasteiger partial charge in [0, 0.05) is 6.54 Å². The summed E-state index contributed by atoms with van der Waals surface area (Å²) in [6.45, 7) is 4.75. The fourth-order valence-corrected chi connectivity index (χ4v) is 3.10. The average molecular weight is 279 g/mol. The molecular weight excluding hydrogens is 266 g/mol. The molecule has 2 aromatic rings. The van der Waals surface area contributed by atoms with Gasteiger partial charge in [0.05, 0.1) is 17.3 Å². The molecule has 0 fully saturated rings. The first-order valence-corrected chi connectivity index (χ1v) is 7.47. The molecular formula is C12H13N3OS2. The number of hydrogen-bond acceptors (Lipinski definition) is 5. The molecule has 2 rings (SSSR count). The number of nitriles is 1. The maximum atomic E-state index is 12.3. The molecule has 2 aromatic heterocycles. The van der Waals surface area contributed by atoms with Crippen LogP contribution in [0.15, 0.2) is 21.4 Å². The van der Waals surface area contributed by atoms with Crippen LogP contribution in [0.5, 0.6) is 0 Å². The molecule has 0 atom stereocenters. The first-order valence-electron chi connectivity index (χ1n) is 5.61. The van der Waals surface area contributed by atoms with Crippen LogP contribution in [0.1, 0.15) is 13.8 Å². The highest BCUT2D eigenvalue weighted by Gasteiger charge is 2.13. The zero-order valence-electron chi connectivity index (χ0n) is 10.2. The Kier molecular flexibility index (Phi) is 4.04. The molecule has 0 radical (unpaired) electrons. The fourth-order valence-electron chi connectivity index (χ4n) is 1.66. The molecule has 2 heterocycles. The number of aromatic nitrogens is 2. The van der Waals surface area contributed by atoms with Gasteiger partial charge >= 0.3 is 0 Å². The summed E-state index contributed by atoms with van der Waals surface area (Å²) in [5.41, 5.74) is 0.731. The molecule has 0 unspecified atom stereocenters. The first-order chi connectivity index (χ1) is 8.63. The lowest BCUT2D eigenvalue weighted by Crippen LogP contribution is -2.24. The van der Waals surface area contributed by atoms with Gasteiger partial charge < -0.3 is 0 Å². The van der Waals surface area contributed by atoms with E-state index in [9.17, 15) is 4.79 Å². The predicted molar refractivity (Wildman–Crippen MR) is 75.1 cm³/mol. The van der Waals surface area contributed by atoms with Gasteiger partial charge in [-0.3, -0.25) is 9.36 Å². The minimum absolute atomic E-state index is 0.00383. The Morgan fingerprint density at radius 1 is 1.61 bits per heavy atom. The van der Waals surface area contributed by atoms with Gasteiger partial charge in [-0.1, -0.05) is 25.6 Å². The van der Waals surface area contributed by atoms with Crippen molar-refractivity contribution in [1.29, 1.82) is 5.26 Å². The second-order valence-electron chi connectivity index (χ2n) is 4.29. The van der Waals surface area contributed by atoms with Crippen molar-refractivity contribution in [3.05, 3.63) is 21.8 Å². The van der Waals surface area contributed by atoms with E-state index < -0.39 is 0 Å². The molecule has 0 aromatic carbocycles. The smallest absolute Gasteiger partial charge is 0.272 e. The van der Waals surface area contributed by atoms with Crippen molar-refractivity contribution < 1.29 is 0 Å². The Morgan fingerprint density at radius 3 is 3.06 bits per heavy atom. The Bertz CT molecular complexity index is 651. The highest BCUT2D eigenvalue weighted by atomic mass is 32.2. The summed E-state index contributed by atoms with van der Waals surface area (Å²) in [6, 6.07) is 3.91. The highest BCUT2D eigenvalue weighted by molar-refractivity contribution is 7.99. The monoisotopic (exact) mass is 279 g/mol. The third-order valence-electron chi connectivity index (χ3n) is 2.34. The van der Waals surface area contributed by atoms with Gasteiger partial charge in [-0.2, -0.15) is 5.26 Å². The third kappa shape index (κ3) is 2.57. The maximum Gasteiger partial charge on any atom is 0.272 e. The van der Waals surface area contributed by atoms with Gasteiger partial charge in [0.15, 0.2) is 5.16 Å². The van der Waals surface area contributed by atoms with Crippen LogP contribution in [-0.4, -0.2) is 15.3 Å². The Hall–Kier alpha value is -1.32. The molecule has 4 nitrogen and oxygen atoms in total. The number of hydrogen-bond donors (Lipinski definition) is 0. The molecule has 0 spiro atoms. The summed E-state index contributed by atoms with van der Waals surface area (Å²) >= 11 is 2.73. The highest BCUT2D eigenvalue weighted by Crippen LogP contribution is 2.21. The minimum atomic E-state index is 0.00383. The largest absolute Gasteiger partial charge is 0.286 e. The first kappa shape index (κ1) is 13.1. The van der Waals surface area contributed by atoms with Gasteiger partial charge in [-0.05, 0) is 17.4 Å². The molecule has 0 saturated heterocycles. The number of thioether (sulfide) groups is 1. The van der Waals surface area contributed by atoms with Gasteiger partial charge in [0.2, 0.25) is 0 Å². The average Bonchev–Trinajstić information content (AvgIpc) is 2.78. The van der Waals surface area contributed by atoms with E-state index in [0.29, 0.717) is 28.1 Å². The van der Waals surface area contributed by atoms with Crippen molar-refractivity contribution in [2.75, 3.05) is 5.75 Å². The van der Waals surface area contributed by atoms with Crippen LogP contribution in [0.25, 0.3) is 10.2 Å². The summed E-state index contributed by atoms with van der Waals surface area (Å²) < 4.78 is 2.38. The molecule has 94 valence electrons. The Morgan fingerprint density at radius 2 is 2.39 bits per heavy atom. The Balaban J connectivity index is 2.57. The molecule has 6 heteroatoms. The van der Waals surface area contributed by atoms with E-state index in [1.54, 1.807) is 4.57 Å². The van der Waals surface area contributed by atoms with E-state index >= 15 is 0 Å². The summed E-state index contributed by atoms with van der Waals surface area (Å²) in [5.74, 6) is 0.670. The van der Waals surface area contributed by atoms with Crippen molar-refractivity contribution in [2.45, 2.75) is 25.5 Å². The van der Waals surface area contributed by atoms with E-state index in [-0.39, 0.29) is 5.56 Å². The fraction of sp³-hybridized carbons (Fsp3) is 0.417. The van der Waals surface area contributed by atoms with Crippen molar-refractivity contribution >= 4 is 33.3 Å². The zero-order chi connectivity index (χ0) is 13.1. The van der Waals surface area contributed by atoms with Crippen LogP contribution in [0.2, 0.25) is 0 Å². The normalized spacial score (nSPS) is 11.0. The van der Waals surface area contributed by atoms with Crippen LogP contribution >= 0.6 is 23.1 Å². The summed E-state index contributed by atoms with van der Waals surface area (Å²) in [5, 5.41) is 11.2. The van der Waals surface area contributed by atoms with E-state index in [4.69, 9.17) is 5.26 Å². The lowest BCUT2D eigenvalue weighted by atomic mass is 10.2. The number of rotatable bonds is 4. The van der Waals surface area contributed by atoms with E-state index in [1.165, 1.54) is 23.1 Å². The predicted octanol–water partition coefficient (Wildman–Crippen LogP) is 2.73. The molecule has 0 aliphatic rings. The second kappa shape index (κ2) is 5.55. The van der Waals surface area contributed by atoms with Crippen molar-refractivity contribution in [3.8, 4) is 6.07 Å². The number of nitrogens with zero attached hydrogens (tertiary/aromatic N) is 3. The van der Waals surface area contributed by atoms with E-state index in [1.807, 2.05) is 11.4 Å². The van der Waals surface area contributed by atoms with Gasteiger partial charge in [-0.15, -0.1) is 11.3 Å². The summed E-state index contributed by atoms with van der Waals surface area (Å²) in [7, 11) is 0. The minimum Gasteiger partial charge on any atom is -0.286 e. The molecule has 0 saturated carbocycles. The molecule has 18 heavy (non-hydrogen) atoms.